The predicted molar refractivity (Wildman–Crippen MR) is 135 cm³/mol. The van der Waals surface area contributed by atoms with Gasteiger partial charge in [-0.15, -0.1) is 12.8 Å². The molecule has 2 aromatic rings. The molecule has 2 aliphatic heterocycles. The second-order valence-corrected chi connectivity index (χ2v) is 9.63. The average molecular weight is 565 g/mol. The van der Waals surface area contributed by atoms with Crippen molar-refractivity contribution in [1.29, 1.82) is 0 Å². The van der Waals surface area contributed by atoms with Gasteiger partial charge in [-0.3, -0.25) is 14.4 Å². The van der Waals surface area contributed by atoms with E-state index in [4.69, 9.17) is 0 Å². The molecule has 3 amide bonds. The second kappa shape index (κ2) is 12.9. The zero-order chi connectivity index (χ0) is 24.9. The minimum atomic E-state index is -0.642. The Bertz CT molecular complexity index is 1070. The zero-order valence-electron chi connectivity index (χ0n) is 21.4. The van der Waals surface area contributed by atoms with Crippen LogP contribution in [0.15, 0.2) is 48.5 Å². The van der Waals surface area contributed by atoms with Gasteiger partial charge in [-0.2, -0.15) is 0 Å². The third kappa shape index (κ3) is 7.02. The SMILES string of the molecule is CC(=O)N(C)[C-]1CCN(C(=O)[C@@H](Cc2ccc(C)cc2)NC(=O)C2Cc3ccccc3CN2)CC1.[Y]. The first kappa shape index (κ1) is 28.5. The molecule has 2 aromatic carbocycles. The van der Waals surface area contributed by atoms with E-state index < -0.39 is 6.04 Å². The fraction of sp³-hybridized carbons (Fsp3) is 0.429. The Morgan fingerprint density at radius 2 is 1.72 bits per heavy atom. The molecule has 2 atom stereocenters. The number of fused-ring (bicyclic) bond motifs is 1. The molecule has 189 valence electrons. The monoisotopic (exact) mass is 564 g/mol. The zero-order valence-corrected chi connectivity index (χ0v) is 24.3. The van der Waals surface area contributed by atoms with Crippen molar-refractivity contribution in [3.05, 3.63) is 76.8 Å². The van der Waals surface area contributed by atoms with Crippen LogP contribution in [0.4, 0.5) is 0 Å². The van der Waals surface area contributed by atoms with Gasteiger partial charge in [0.25, 0.3) is 0 Å². The van der Waals surface area contributed by atoms with Gasteiger partial charge in [-0.05, 0) is 50.2 Å². The van der Waals surface area contributed by atoms with Crippen LogP contribution in [-0.2, 0) is 66.5 Å². The summed E-state index contributed by atoms with van der Waals surface area (Å²) in [5, 5.41) is 6.39. The van der Waals surface area contributed by atoms with Crippen LogP contribution in [-0.4, -0.2) is 59.7 Å². The fourth-order valence-corrected chi connectivity index (χ4v) is 4.84. The van der Waals surface area contributed by atoms with Gasteiger partial charge in [-0.25, -0.2) is 6.04 Å². The minimum absolute atomic E-state index is 0. The molecule has 2 N–H and O–H groups in total. The third-order valence-electron chi connectivity index (χ3n) is 7.17. The molecule has 7 nitrogen and oxygen atoms in total. The normalized spacial score (nSPS) is 18.4. The molecule has 0 aliphatic carbocycles. The number of aryl methyl sites for hydroxylation is 1. The van der Waals surface area contributed by atoms with Gasteiger partial charge in [0.15, 0.2) is 5.91 Å². The van der Waals surface area contributed by atoms with Crippen molar-refractivity contribution in [2.45, 2.75) is 58.2 Å². The van der Waals surface area contributed by atoms with E-state index in [1.54, 1.807) is 18.9 Å². The summed E-state index contributed by atoms with van der Waals surface area (Å²) < 4.78 is 0. The van der Waals surface area contributed by atoms with Gasteiger partial charge < -0.3 is 20.4 Å². The van der Waals surface area contributed by atoms with Crippen LogP contribution < -0.4 is 10.6 Å². The number of rotatable bonds is 6. The number of likely N-dealkylation sites (tertiary alicyclic amines) is 1. The third-order valence-corrected chi connectivity index (χ3v) is 7.17. The maximum absolute atomic E-state index is 13.6. The molecule has 1 unspecified atom stereocenters. The van der Waals surface area contributed by atoms with E-state index in [0.29, 0.717) is 45.3 Å². The van der Waals surface area contributed by atoms with Crippen LogP contribution in [0.25, 0.3) is 0 Å². The Kier molecular flexibility index (Phi) is 10.2. The van der Waals surface area contributed by atoms with E-state index in [0.717, 1.165) is 17.2 Å². The molecule has 36 heavy (non-hydrogen) atoms. The Morgan fingerprint density at radius 3 is 2.36 bits per heavy atom. The van der Waals surface area contributed by atoms with Crippen molar-refractivity contribution >= 4 is 17.7 Å². The molecular formula is C28H35N4O3Y-. The summed E-state index contributed by atoms with van der Waals surface area (Å²) in [6.45, 7) is 5.30. The van der Waals surface area contributed by atoms with E-state index in [-0.39, 0.29) is 56.5 Å². The number of hydrogen-bond acceptors (Lipinski definition) is 4. The number of hydrogen-bond donors (Lipinski definition) is 2. The van der Waals surface area contributed by atoms with Crippen LogP contribution in [0.1, 0.15) is 42.0 Å². The summed E-state index contributed by atoms with van der Waals surface area (Å²) in [5.41, 5.74) is 4.54. The van der Waals surface area contributed by atoms with Crippen molar-refractivity contribution in [2.75, 3.05) is 20.1 Å². The first-order valence-electron chi connectivity index (χ1n) is 12.4. The topological polar surface area (TPSA) is 81.8 Å². The Hall–Kier alpha value is -2.09. The van der Waals surface area contributed by atoms with Gasteiger partial charge in [0.2, 0.25) is 11.8 Å². The molecule has 1 radical (unpaired) electrons. The largest absolute Gasteiger partial charge is 0.493 e. The average Bonchev–Trinajstić information content (AvgIpc) is 2.88. The number of amides is 3. The summed E-state index contributed by atoms with van der Waals surface area (Å²) in [6, 6.07) is 16.3. The number of carbonyl (C=O) groups excluding carboxylic acids is 3. The molecule has 1 saturated heterocycles. The standard InChI is InChI=1S/C28H35N4O3.Y/c1-19-8-10-21(11-9-19)16-26(28(35)32-14-12-24(13-15-32)31(3)20(2)33)30-27(34)25-17-22-6-4-5-7-23(22)18-29-25;/h4-11,25-26,29H,12-18H2,1-3H3,(H,30,34);/q-1;/t25?,26-;/m1./s1. The maximum Gasteiger partial charge on any atom is 0.245 e. The number of carbonyl (C=O) groups is 3. The molecule has 2 aliphatic rings. The quantitative estimate of drug-likeness (QED) is 0.529. The molecule has 4 rings (SSSR count). The summed E-state index contributed by atoms with van der Waals surface area (Å²) in [7, 11) is 1.78. The molecule has 0 bridgehead atoms. The molecule has 2 heterocycles. The smallest absolute Gasteiger partial charge is 0.245 e. The van der Waals surface area contributed by atoms with Crippen LogP contribution in [0.2, 0.25) is 0 Å². The first-order chi connectivity index (χ1) is 16.8. The van der Waals surface area contributed by atoms with Gasteiger partial charge >= 0.3 is 0 Å². The van der Waals surface area contributed by atoms with Crippen LogP contribution >= 0.6 is 0 Å². The number of benzene rings is 2. The molecule has 8 heteroatoms. The van der Waals surface area contributed by atoms with Gasteiger partial charge in [0.1, 0.15) is 6.04 Å². The summed E-state index contributed by atoms with van der Waals surface area (Å²) in [5.74, 6) is -0.212. The van der Waals surface area contributed by atoms with E-state index in [2.05, 4.69) is 22.8 Å². The Morgan fingerprint density at radius 1 is 1.08 bits per heavy atom. The van der Waals surface area contributed by atoms with Gasteiger partial charge in [-0.1, -0.05) is 54.1 Å². The molecule has 0 aromatic heterocycles. The van der Waals surface area contributed by atoms with Crippen molar-refractivity contribution < 1.29 is 47.1 Å². The van der Waals surface area contributed by atoms with Gasteiger partial charge in [0.05, 0.1) is 6.04 Å². The Balaban J connectivity index is 0.00000361. The molecule has 1 fully saturated rings. The molecular weight excluding hydrogens is 529 g/mol. The van der Waals surface area contributed by atoms with Crippen LogP contribution in [0, 0.1) is 13.0 Å². The van der Waals surface area contributed by atoms with Gasteiger partial charge in [0, 0.05) is 52.6 Å². The predicted octanol–water partition coefficient (Wildman–Crippen LogP) is 2.37. The van der Waals surface area contributed by atoms with E-state index >= 15 is 0 Å². The second-order valence-electron chi connectivity index (χ2n) is 9.63. The van der Waals surface area contributed by atoms with E-state index in [1.165, 1.54) is 11.1 Å². The Labute approximate surface area is 239 Å². The van der Waals surface area contributed by atoms with E-state index in [1.807, 2.05) is 48.2 Å². The van der Waals surface area contributed by atoms with Crippen molar-refractivity contribution in [3.63, 3.8) is 0 Å². The van der Waals surface area contributed by atoms with Crippen LogP contribution in [0.3, 0.4) is 0 Å². The van der Waals surface area contributed by atoms with E-state index in [9.17, 15) is 14.4 Å². The van der Waals surface area contributed by atoms with Crippen molar-refractivity contribution in [3.8, 4) is 0 Å². The fourth-order valence-electron chi connectivity index (χ4n) is 4.84. The number of nitrogens with zero attached hydrogens (tertiary/aromatic N) is 2. The summed E-state index contributed by atoms with van der Waals surface area (Å²) in [4.78, 5) is 42.1. The summed E-state index contributed by atoms with van der Waals surface area (Å²) >= 11 is 0. The summed E-state index contributed by atoms with van der Waals surface area (Å²) in [6.07, 6.45) is 2.36. The number of piperidine rings is 1. The van der Waals surface area contributed by atoms with Crippen molar-refractivity contribution in [2.24, 2.45) is 0 Å². The maximum atomic E-state index is 13.6. The molecule has 0 saturated carbocycles. The van der Waals surface area contributed by atoms with Crippen molar-refractivity contribution in [1.82, 2.24) is 20.4 Å². The van der Waals surface area contributed by atoms with Crippen LogP contribution in [0.5, 0.6) is 0 Å². The first-order valence-corrected chi connectivity index (χ1v) is 12.4. The number of nitrogens with one attached hydrogen (secondary N) is 2. The minimum Gasteiger partial charge on any atom is -0.493 e. The molecule has 0 spiro atoms.